The van der Waals surface area contributed by atoms with Crippen molar-refractivity contribution in [3.05, 3.63) is 21.9 Å². The van der Waals surface area contributed by atoms with Gasteiger partial charge in [-0.3, -0.25) is 4.79 Å². The van der Waals surface area contributed by atoms with Crippen molar-refractivity contribution in [2.24, 2.45) is 0 Å². The first-order valence-electron chi connectivity index (χ1n) is 8.54. The van der Waals surface area contributed by atoms with Gasteiger partial charge in [-0.05, 0) is 41.6 Å². The van der Waals surface area contributed by atoms with Crippen LogP contribution in [0.3, 0.4) is 0 Å². The van der Waals surface area contributed by atoms with Crippen LogP contribution in [0.15, 0.2) is 21.9 Å². The van der Waals surface area contributed by atoms with Crippen LogP contribution in [0.2, 0.25) is 18.1 Å². The molecule has 1 heterocycles. The second-order valence-corrected chi connectivity index (χ2v) is 13.6. The molecule has 0 fully saturated rings. The zero-order chi connectivity index (χ0) is 19.5. The van der Waals surface area contributed by atoms with Gasteiger partial charge < -0.3 is 14.5 Å². The Bertz CT molecular complexity index is 580. The standard InChI is InChI=1S/C18H30INO4Si/c1-8-18(5)12-14(16(22)23-18)20-15(21)11-13(9-10-19)24-25(6,7)17(2,3)4/h9-10,12-13H,8,11H2,1-7H3,(H,20,21)/b10-9-/t13-,18+/m1/s1. The Morgan fingerprint density at radius 2 is 2.08 bits per heavy atom. The van der Waals surface area contributed by atoms with Crippen molar-refractivity contribution in [1.82, 2.24) is 5.32 Å². The molecule has 0 bridgehead atoms. The number of nitrogens with one attached hydrogen (secondary N) is 1. The topological polar surface area (TPSA) is 64.6 Å². The van der Waals surface area contributed by atoms with Crippen LogP contribution in [0, 0.1) is 0 Å². The molecule has 0 aromatic carbocycles. The van der Waals surface area contributed by atoms with Gasteiger partial charge in [0.15, 0.2) is 8.32 Å². The van der Waals surface area contributed by atoms with Crippen molar-refractivity contribution in [1.29, 1.82) is 0 Å². The minimum Gasteiger partial charge on any atom is -0.450 e. The van der Waals surface area contributed by atoms with E-state index in [-0.39, 0.29) is 29.2 Å². The highest BCUT2D eigenvalue weighted by molar-refractivity contribution is 14.1. The van der Waals surface area contributed by atoms with Crippen LogP contribution in [0.5, 0.6) is 0 Å². The third kappa shape index (κ3) is 6.21. The normalized spacial score (nSPS) is 22.7. The summed E-state index contributed by atoms with van der Waals surface area (Å²) in [5.74, 6) is -0.731. The Morgan fingerprint density at radius 3 is 2.52 bits per heavy atom. The molecule has 1 rings (SSSR count). The Kier molecular flexibility index (Phi) is 7.47. The Morgan fingerprint density at radius 1 is 1.48 bits per heavy atom. The number of halogens is 1. The molecule has 1 N–H and O–H groups in total. The lowest BCUT2D eigenvalue weighted by Gasteiger charge is -2.38. The third-order valence-corrected chi connectivity index (χ3v) is 9.82. The summed E-state index contributed by atoms with van der Waals surface area (Å²) >= 11 is 2.12. The molecule has 0 unspecified atom stereocenters. The van der Waals surface area contributed by atoms with Crippen LogP contribution in [-0.2, 0) is 18.8 Å². The minimum atomic E-state index is -2.00. The Hall–Kier alpha value is -0.673. The lowest BCUT2D eigenvalue weighted by molar-refractivity contribution is -0.146. The molecule has 0 aromatic rings. The van der Waals surface area contributed by atoms with Gasteiger partial charge in [0.1, 0.15) is 11.3 Å². The van der Waals surface area contributed by atoms with Crippen molar-refractivity contribution in [2.45, 2.75) is 77.3 Å². The van der Waals surface area contributed by atoms with Crippen molar-refractivity contribution in [3.8, 4) is 0 Å². The first kappa shape index (κ1) is 22.4. The number of cyclic esters (lactones) is 1. The number of hydrogen-bond donors (Lipinski definition) is 1. The van der Waals surface area contributed by atoms with E-state index in [0.717, 1.165) is 0 Å². The minimum absolute atomic E-state index is 0.0571. The SMILES string of the molecule is CC[C@@]1(C)C=C(NC(=O)C[C@@H](/C=C\I)O[Si](C)(C)C(C)(C)C)C(=O)O1. The molecule has 0 saturated heterocycles. The first-order chi connectivity index (χ1) is 11.3. The average molecular weight is 479 g/mol. The van der Waals surface area contributed by atoms with E-state index in [4.69, 9.17) is 9.16 Å². The lowest BCUT2D eigenvalue weighted by atomic mass is 10.0. The highest BCUT2D eigenvalue weighted by Crippen LogP contribution is 2.37. The molecule has 0 saturated carbocycles. The highest BCUT2D eigenvalue weighted by atomic mass is 127. The van der Waals surface area contributed by atoms with E-state index in [0.29, 0.717) is 6.42 Å². The van der Waals surface area contributed by atoms with Gasteiger partial charge in [0, 0.05) is 0 Å². The summed E-state index contributed by atoms with van der Waals surface area (Å²) < 4.78 is 13.5. The van der Waals surface area contributed by atoms with Gasteiger partial charge in [-0.2, -0.15) is 0 Å². The zero-order valence-electron chi connectivity index (χ0n) is 16.2. The number of carbonyl (C=O) groups is 2. The molecule has 1 aliphatic rings. The summed E-state index contributed by atoms with van der Waals surface area (Å²) in [6, 6.07) is 0. The monoisotopic (exact) mass is 479 g/mol. The molecular formula is C18H30INO4Si. The van der Waals surface area contributed by atoms with Crippen LogP contribution in [0.25, 0.3) is 0 Å². The number of amides is 1. The van der Waals surface area contributed by atoms with Gasteiger partial charge in [0.2, 0.25) is 5.91 Å². The molecule has 0 spiro atoms. The summed E-state index contributed by atoms with van der Waals surface area (Å²) in [6.07, 6.45) is 4.09. The molecule has 7 heteroatoms. The van der Waals surface area contributed by atoms with E-state index >= 15 is 0 Å². The second-order valence-electron chi connectivity index (χ2n) is 8.10. The number of carbonyl (C=O) groups excluding carboxylic acids is 2. The molecule has 2 atom stereocenters. The lowest BCUT2D eigenvalue weighted by Crippen LogP contribution is -2.44. The molecule has 0 aliphatic carbocycles. The van der Waals surface area contributed by atoms with Gasteiger partial charge in [0.05, 0.1) is 12.5 Å². The smallest absolute Gasteiger partial charge is 0.355 e. The molecule has 0 radical (unpaired) electrons. The Labute approximate surface area is 165 Å². The quantitative estimate of drug-likeness (QED) is 0.333. The van der Waals surface area contributed by atoms with Crippen molar-refractivity contribution in [2.75, 3.05) is 0 Å². The molecule has 1 amide bonds. The summed E-state index contributed by atoms with van der Waals surface area (Å²) in [4.78, 5) is 24.3. The average Bonchev–Trinajstić information content (AvgIpc) is 2.72. The molecule has 0 aromatic heterocycles. The summed E-state index contributed by atoms with van der Waals surface area (Å²) in [7, 11) is -2.00. The number of rotatable bonds is 7. The van der Waals surface area contributed by atoms with Gasteiger partial charge in [-0.15, -0.1) is 0 Å². The van der Waals surface area contributed by atoms with Crippen LogP contribution < -0.4 is 5.32 Å². The van der Waals surface area contributed by atoms with E-state index in [9.17, 15) is 9.59 Å². The summed E-state index contributed by atoms with van der Waals surface area (Å²) in [5, 5.41) is 2.74. The number of hydrogen-bond acceptors (Lipinski definition) is 4. The molecule has 5 nitrogen and oxygen atoms in total. The van der Waals surface area contributed by atoms with Crippen molar-refractivity contribution >= 4 is 42.8 Å². The molecule has 1 aliphatic heterocycles. The largest absolute Gasteiger partial charge is 0.450 e. The fourth-order valence-corrected chi connectivity index (χ4v) is 3.83. The predicted molar refractivity (Wildman–Crippen MR) is 111 cm³/mol. The van der Waals surface area contributed by atoms with Crippen LogP contribution in [0.1, 0.15) is 47.5 Å². The van der Waals surface area contributed by atoms with Crippen LogP contribution >= 0.6 is 22.6 Å². The van der Waals surface area contributed by atoms with Gasteiger partial charge >= 0.3 is 5.97 Å². The van der Waals surface area contributed by atoms with Crippen LogP contribution in [0.4, 0.5) is 0 Å². The third-order valence-electron chi connectivity index (χ3n) is 4.90. The fourth-order valence-electron chi connectivity index (χ4n) is 2.09. The predicted octanol–water partition coefficient (Wildman–Crippen LogP) is 4.44. The van der Waals surface area contributed by atoms with E-state index < -0.39 is 19.9 Å². The molecule has 142 valence electrons. The maximum Gasteiger partial charge on any atom is 0.355 e. The second kappa shape index (κ2) is 8.35. The van der Waals surface area contributed by atoms with E-state index in [1.807, 2.05) is 24.0 Å². The van der Waals surface area contributed by atoms with Gasteiger partial charge in [-0.25, -0.2) is 4.79 Å². The number of ether oxygens (including phenoxy) is 1. The fraction of sp³-hybridized carbons (Fsp3) is 0.667. The maximum absolute atomic E-state index is 12.4. The Balaban J connectivity index is 2.78. The van der Waals surface area contributed by atoms with Crippen molar-refractivity contribution < 1.29 is 18.8 Å². The van der Waals surface area contributed by atoms with E-state index in [2.05, 4.69) is 61.8 Å². The highest BCUT2D eigenvalue weighted by Gasteiger charge is 2.39. The first-order valence-corrected chi connectivity index (χ1v) is 12.7. The molecular weight excluding hydrogens is 449 g/mol. The van der Waals surface area contributed by atoms with Gasteiger partial charge in [0.25, 0.3) is 0 Å². The summed E-state index contributed by atoms with van der Waals surface area (Å²) in [6.45, 7) is 14.6. The number of esters is 1. The van der Waals surface area contributed by atoms with Crippen LogP contribution in [-0.4, -0.2) is 31.9 Å². The maximum atomic E-state index is 12.4. The zero-order valence-corrected chi connectivity index (χ0v) is 19.4. The summed E-state index contributed by atoms with van der Waals surface area (Å²) in [5.41, 5.74) is -0.419. The molecule has 25 heavy (non-hydrogen) atoms. The van der Waals surface area contributed by atoms with E-state index in [1.165, 1.54) is 0 Å². The van der Waals surface area contributed by atoms with Gasteiger partial charge in [-0.1, -0.05) is 56.4 Å². The van der Waals surface area contributed by atoms with E-state index in [1.54, 1.807) is 6.08 Å². The van der Waals surface area contributed by atoms with Crippen molar-refractivity contribution in [3.63, 3.8) is 0 Å².